The molecule has 0 saturated carbocycles. The van der Waals surface area contributed by atoms with E-state index < -0.39 is 23.7 Å². The van der Waals surface area contributed by atoms with E-state index in [1.807, 2.05) is 20.8 Å². The summed E-state index contributed by atoms with van der Waals surface area (Å²) in [5, 5.41) is 0. The second kappa shape index (κ2) is 4.86. The van der Waals surface area contributed by atoms with E-state index in [0.717, 1.165) is 0 Å². The molecule has 0 fully saturated rings. The molecule has 0 N–H and O–H groups in total. The predicted octanol–water partition coefficient (Wildman–Crippen LogP) is 4.15. The fourth-order valence-corrected chi connectivity index (χ4v) is 1.54. The number of hydrogen-bond acceptors (Lipinski definition) is 2. The Morgan fingerprint density at radius 1 is 1.06 bits per heavy atom. The highest BCUT2D eigenvalue weighted by Gasteiger charge is 2.42. The molecule has 1 atom stereocenters. The maximum atomic E-state index is 12.0. The highest BCUT2D eigenvalue weighted by molar-refractivity contribution is 5.73. The van der Waals surface area contributed by atoms with Gasteiger partial charge in [-0.1, -0.05) is 41.5 Å². The van der Waals surface area contributed by atoms with Crippen molar-refractivity contribution in [1.82, 2.24) is 0 Å². The molecule has 0 aromatic rings. The Hall–Kier alpha value is -0.740. The first-order chi connectivity index (χ1) is 7.22. The lowest BCUT2D eigenvalue weighted by atomic mass is 9.72. The Labute approximate surface area is 101 Å². The number of rotatable bonds is 2. The second-order valence-corrected chi connectivity index (χ2v) is 6.55. The van der Waals surface area contributed by atoms with Gasteiger partial charge < -0.3 is 4.74 Å². The lowest BCUT2D eigenvalue weighted by Crippen LogP contribution is -2.36. The van der Waals surface area contributed by atoms with Gasteiger partial charge in [-0.05, 0) is 17.3 Å². The van der Waals surface area contributed by atoms with Gasteiger partial charge >= 0.3 is 12.3 Å². The maximum absolute atomic E-state index is 12.0. The van der Waals surface area contributed by atoms with Gasteiger partial charge in [-0.3, -0.25) is 4.79 Å². The first-order valence-corrected chi connectivity index (χ1v) is 5.52. The first kappa shape index (κ1) is 16.3. The Balaban J connectivity index is 4.90. The van der Waals surface area contributed by atoms with Gasteiger partial charge in [0, 0.05) is 0 Å². The van der Waals surface area contributed by atoms with Crippen LogP contribution in [0.1, 0.15) is 48.0 Å². The van der Waals surface area contributed by atoms with Crippen LogP contribution in [0, 0.1) is 16.7 Å². The van der Waals surface area contributed by atoms with Crippen molar-refractivity contribution in [3.63, 3.8) is 0 Å². The van der Waals surface area contributed by atoms with E-state index >= 15 is 0 Å². The zero-order valence-electron chi connectivity index (χ0n) is 11.2. The van der Waals surface area contributed by atoms with Gasteiger partial charge in [0.05, 0.1) is 5.92 Å². The highest BCUT2D eigenvalue weighted by Crippen LogP contribution is 2.37. The highest BCUT2D eigenvalue weighted by atomic mass is 19.4. The van der Waals surface area contributed by atoms with Crippen molar-refractivity contribution in [2.45, 2.75) is 54.3 Å². The minimum absolute atomic E-state index is 0.234. The van der Waals surface area contributed by atoms with Crippen LogP contribution in [0.4, 0.5) is 13.2 Å². The molecule has 1 unspecified atom stereocenters. The molecule has 0 amide bonds. The summed E-state index contributed by atoms with van der Waals surface area (Å²) < 4.78 is 39.7. The molecule has 0 aliphatic rings. The zero-order chi connectivity index (χ0) is 14.1. The van der Waals surface area contributed by atoms with E-state index in [-0.39, 0.29) is 5.41 Å². The molecular formula is C12H21F3O2. The van der Waals surface area contributed by atoms with E-state index in [2.05, 4.69) is 4.74 Å². The van der Waals surface area contributed by atoms with Gasteiger partial charge in [0.15, 0.2) is 0 Å². The molecule has 0 saturated heterocycles. The van der Waals surface area contributed by atoms with E-state index in [4.69, 9.17) is 0 Å². The molecule has 0 heterocycles. The molecule has 0 spiro atoms. The zero-order valence-corrected chi connectivity index (χ0v) is 11.2. The van der Waals surface area contributed by atoms with Crippen molar-refractivity contribution in [2.24, 2.45) is 16.7 Å². The van der Waals surface area contributed by atoms with Crippen LogP contribution in [0.2, 0.25) is 0 Å². The molecule has 0 aliphatic heterocycles. The molecular weight excluding hydrogens is 233 g/mol. The fraction of sp³-hybridized carbons (Fsp3) is 0.917. The quantitative estimate of drug-likeness (QED) is 0.692. The Kier molecular flexibility index (Phi) is 4.65. The third kappa shape index (κ3) is 7.23. The fourth-order valence-electron chi connectivity index (χ4n) is 1.54. The largest absolute Gasteiger partial charge is 0.575 e. The summed E-state index contributed by atoms with van der Waals surface area (Å²) >= 11 is 0. The summed E-state index contributed by atoms with van der Waals surface area (Å²) in [7, 11) is 0. The molecule has 0 aromatic carbocycles. The third-order valence-electron chi connectivity index (χ3n) is 2.36. The smallest absolute Gasteiger partial charge is 0.373 e. The number of ether oxygens (including phenoxy) is 1. The standard InChI is InChI=1S/C12H21F3O2/c1-10(2,3)7-8(11(4,5)6)9(16)17-12(13,14)15/h8H,7H2,1-6H3. The summed E-state index contributed by atoms with van der Waals surface area (Å²) in [4.78, 5) is 11.5. The van der Waals surface area contributed by atoms with E-state index in [1.165, 1.54) is 0 Å². The van der Waals surface area contributed by atoms with Crippen molar-refractivity contribution >= 4 is 5.97 Å². The van der Waals surface area contributed by atoms with E-state index in [9.17, 15) is 18.0 Å². The molecule has 0 radical (unpaired) electrons. The van der Waals surface area contributed by atoms with Gasteiger partial charge in [0.2, 0.25) is 0 Å². The lowest BCUT2D eigenvalue weighted by molar-refractivity contribution is -0.309. The second-order valence-electron chi connectivity index (χ2n) is 6.55. The Morgan fingerprint density at radius 2 is 1.47 bits per heavy atom. The maximum Gasteiger partial charge on any atom is 0.575 e. The molecule has 2 nitrogen and oxygen atoms in total. The van der Waals surface area contributed by atoms with Gasteiger partial charge in [0.25, 0.3) is 0 Å². The van der Waals surface area contributed by atoms with Gasteiger partial charge in [-0.25, -0.2) is 0 Å². The average molecular weight is 254 g/mol. The van der Waals surface area contributed by atoms with Crippen LogP contribution in [-0.2, 0) is 9.53 Å². The number of carbonyl (C=O) groups excluding carboxylic acids is 1. The van der Waals surface area contributed by atoms with Crippen molar-refractivity contribution in [1.29, 1.82) is 0 Å². The Morgan fingerprint density at radius 3 is 1.71 bits per heavy atom. The van der Waals surface area contributed by atoms with E-state index in [0.29, 0.717) is 6.42 Å². The number of carbonyl (C=O) groups is 1. The monoisotopic (exact) mass is 254 g/mol. The summed E-state index contributed by atoms with van der Waals surface area (Å²) in [5.74, 6) is -1.97. The SMILES string of the molecule is CC(C)(C)CC(C(=O)OC(F)(F)F)C(C)(C)C. The van der Waals surface area contributed by atoms with Crippen LogP contribution >= 0.6 is 0 Å². The molecule has 0 bridgehead atoms. The van der Waals surface area contributed by atoms with E-state index in [1.54, 1.807) is 20.8 Å². The summed E-state index contributed by atoms with van der Waals surface area (Å²) in [6.07, 6.45) is -4.55. The van der Waals surface area contributed by atoms with Crippen LogP contribution < -0.4 is 0 Å². The first-order valence-electron chi connectivity index (χ1n) is 5.52. The van der Waals surface area contributed by atoms with Crippen molar-refractivity contribution in [3.8, 4) is 0 Å². The topological polar surface area (TPSA) is 26.3 Å². The van der Waals surface area contributed by atoms with Crippen LogP contribution in [0.15, 0.2) is 0 Å². The molecule has 17 heavy (non-hydrogen) atoms. The minimum atomic E-state index is -4.90. The number of alkyl halides is 3. The van der Waals surface area contributed by atoms with Crippen LogP contribution in [0.3, 0.4) is 0 Å². The third-order valence-corrected chi connectivity index (χ3v) is 2.36. The summed E-state index contributed by atoms with van der Waals surface area (Å²) in [6, 6.07) is 0. The normalized spacial score (nSPS) is 15.6. The number of esters is 1. The summed E-state index contributed by atoms with van der Waals surface area (Å²) in [6.45, 7) is 10.9. The van der Waals surface area contributed by atoms with Gasteiger partial charge in [-0.15, -0.1) is 13.2 Å². The average Bonchev–Trinajstić information content (AvgIpc) is 1.92. The number of hydrogen-bond donors (Lipinski definition) is 0. The molecule has 5 heteroatoms. The minimum Gasteiger partial charge on any atom is -0.373 e. The van der Waals surface area contributed by atoms with Crippen molar-refractivity contribution < 1.29 is 22.7 Å². The number of halogens is 3. The summed E-state index contributed by atoms with van der Waals surface area (Å²) in [5.41, 5.74) is -0.793. The predicted molar refractivity (Wildman–Crippen MR) is 59.2 cm³/mol. The van der Waals surface area contributed by atoms with Gasteiger partial charge in [-0.2, -0.15) is 0 Å². The van der Waals surface area contributed by atoms with Gasteiger partial charge in [0.1, 0.15) is 0 Å². The van der Waals surface area contributed by atoms with Crippen LogP contribution in [0.25, 0.3) is 0 Å². The Bertz CT molecular complexity index is 269. The van der Waals surface area contributed by atoms with Crippen molar-refractivity contribution in [2.75, 3.05) is 0 Å². The molecule has 0 rings (SSSR count). The van der Waals surface area contributed by atoms with Crippen LogP contribution in [-0.4, -0.2) is 12.3 Å². The van der Waals surface area contributed by atoms with Crippen molar-refractivity contribution in [3.05, 3.63) is 0 Å². The lowest BCUT2D eigenvalue weighted by Gasteiger charge is -2.33. The molecule has 102 valence electrons. The molecule has 0 aliphatic carbocycles. The van der Waals surface area contributed by atoms with Crippen LogP contribution in [0.5, 0.6) is 0 Å². The molecule has 0 aromatic heterocycles.